The Bertz CT molecular complexity index is 668. The second kappa shape index (κ2) is 6.33. The molecule has 0 aliphatic heterocycles. The van der Waals surface area contributed by atoms with Crippen LogP contribution in [0.15, 0.2) is 29.6 Å². The van der Waals surface area contributed by atoms with Gasteiger partial charge in [0.1, 0.15) is 10.7 Å². The summed E-state index contributed by atoms with van der Waals surface area (Å²) in [5.74, 6) is -0.339. The zero-order chi connectivity index (χ0) is 15.4. The van der Waals surface area contributed by atoms with Crippen LogP contribution in [0.3, 0.4) is 0 Å². The van der Waals surface area contributed by atoms with Crippen molar-refractivity contribution in [2.75, 3.05) is 10.6 Å². The molecule has 0 aliphatic rings. The number of aromatic nitrogens is 1. The van der Waals surface area contributed by atoms with Crippen molar-refractivity contribution in [1.82, 2.24) is 4.98 Å². The highest BCUT2D eigenvalue weighted by Crippen LogP contribution is 2.19. The van der Waals surface area contributed by atoms with E-state index in [1.165, 1.54) is 11.3 Å². The molecule has 1 unspecified atom stereocenters. The summed E-state index contributed by atoms with van der Waals surface area (Å²) in [4.78, 5) is 27.0. The molecule has 3 amide bonds. The van der Waals surface area contributed by atoms with Crippen molar-refractivity contribution in [3.05, 3.63) is 40.3 Å². The summed E-state index contributed by atoms with van der Waals surface area (Å²) < 4.78 is 0. The molecule has 1 aromatic carbocycles. The number of urea groups is 1. The fraction of sp³-hybridized carbons (Fsp3) is 0.154. The molecule has 110 valence electrons. The monoisotopic (exact) mass is 305 g/mol. The number of hydrogen-bond donors (Lipinski definition) is 4. The van der Waals surface area contributed by atoms with Crippen molar-refractivity contribution in [1.29, 1.82) is 0 Å². The summed E-state index contributed by atoms with van der Waals surface area (Å²) in [5, 5.41) is 7.48. The molecule has 6 N–H and O–H groups in total. The van der Waals surface area contributed by atoms with E-state index in [0.29, 0.717) is 22.1 Å². The molecule has 0 radical (unpaired) electrons. The smallest absolute Gasteiger partial charge is 0.316 e. The number of thiazole rings is 1. The average Bonchev–Trinajstić information content (AvgIpc) is 2.88. The Morgan fingerprint density at radius 3 is 2.52 bits per heavy atom. The Balaban J connectivity index is 2.09. The van der Waals surface area contributed by atoms with Crippen molar-refractivity contribution in [3.8, 4) is 0 Å². The average molecular weight is 305 g/mol. The van der Waals surface area contributed by atoms with Gasteiger partial charge in [-0.2, -0.15) is 0 Å². The minimum absolute atomic E-state index is 0.209. The van der Waals surface area contributed by atoms with Crippen LogP contribution in [0.1, 0.15) is 28.5 Å². The summed E-state index contributed by atoms with van der Waals surface area (Å²) in [6, 6.07) is 5.77. The maximum absolute atomic E-state index is 12.1. The maximum atomic E-state index is 12.1. The number of carbonyl (C=O) groups is 2. The van der Waals surface area contributed by atoms with E-state index in [4.69, 9.17) is 11.5 Å². The van der Waals surface area contributed by atoms with Crippen LogP contribution in [-0.4, -0.2) is 16.9 Å². The van der Waals surface area contributed by atoms with Crippen LogP contribution in [0.4, 0.5) is 16.2 Å². The third kappa shape index (κ3) is 4.01. The van der Waals surface area contributed by atoms with Crippen LogP contribution >= 0.6 is 11.3 Å². The second-order valence-electron chi connectivity index (χ2n) is 4.38. The van der Waals surface area contributed by atoms with Crippen molar-refractivity contribution < 1.29 is 9.59 Å². The molecular formula is C13H15N5O2S. The van der Waals surface area contributed by atoms with Crippen molar-refractivity contribution >= 4 is 34.6 Å². The number of nitrogens with one attached hydrogen (secondary N) is 2. The Morgan fingerprint density at radius 1 is 1.29 bits per heavy atom. The van der Waals surface area contributed by atoms with Crippen LogP contribution in [0.2, 0.25) is 0 Å². The summed E-state index contributed by atoms with van der Waals surface area (Å²) in [7, 11) is 0. The van der Waals surface area contributed by atoms with Gasteiger partial charge in [-0.05, 0) is 25.1 Å². The normalized spacial score (nSPS) is 11.7. The highest BCUT2D eigenvalue weighted by molar-refractivity contribution is 7.09. The molecule has 0 fully saturated rings. The van der Waals surface area contributed by atoms with E-state index >= 15 is 0 Å². The van der Waals surface area contributed by atoms with E-state index in [1.807, 2.05) is 0 Å². The highest BCUT2D eigenvalue weighted by atomic mass is 32.1. The molecule has 1 heterocycles. The number of benzene rings is 1. The van der Waals surface area contributed by atoms with Crippen LogP contribution in [0.25, 0.3) is 0 Å². The lowest BCUT2D eigenvalue weighted by Crippen LogP contribution is -2.19. The van der Waals surface area contributed by atoms with E-state index < -0.39 is 6.03 Å². The molecule has 1 aromatic heterocycles. The molecule has 0 saturated carbocycles. The van der Waals surface area contributed by atoms with Gasteiger partial charge < -0.3 is 22.1 Å². The molecule has 1 atom stereocenters. The summed E-state index contributed by atoms with van der Waals surface area (Å²) >= 11 is 1.34. The molecule has 8 heteroatoms. The molecule has 0 saturated heterocycles. The molecular weight excluding hydrogens is 290 g/mol. The zero-order valence-electron chi connectivity index (χ0n) is 11.3. The first kappa shape index (κ1) is 14.9. The van der Waals surface area contributed by atoms with Gasteiger partial charge in [0.2, 0.25) is 0 Å². The topological polar surface area (TPSA) is 123 Å². The Hall–Kier alpha value is -2.45. The Kier molecular flexibility index (Phi) is 4.51. The SMILES string of the molecule is CC(N)c1nc(C(=O)Nc2cccc(NC(N)=O)c2)cs1. The third-order valence-electron chi connectivity index (χ3n) is 2.53. The first-order valence-electron chi connectivity index (χ1n) is 6.14. The summed E-state index contributed by atoms with van der Waals surface area (Å²) in [5.41, 5.74) is 12.1. The molecule has 0 aliphatic carbocycles. The van der Waals surface area contributed by atoms with Crippen LogP contribution in [0, 0.1) is 0 Å². The van der Waals surface area contributed by atoms with Gasteiger partial charge in [0.05, 0.1) is 6.04 Å². The largest absolute Gasteiger partial charge is 0.351 e. The van der Waals surface area contributed by atoms with E-state index in [0.717, 1.165) is 0 Å². The van der Waals surface area contributed by atoms with Gasteiger partial charge in [-0.15, -0.1) is 11.3 Å². The quantitative estimate of drug-likeness (QED) is 0.688. The first-order valence-corrected chi connectivity index (χ1v) is 7.02. The Labute approximate surface area is 125 Å². The van der Waals surface area contributed by atoms with Crippen molar-refractivity contribution in [3.63, 3.8) is 0 Å². The lowest BCUT2D eigenvalue weighted by atomic mass is 10.2. The van der Waals surface area contributed by atoms with Crippen LogP contribution < -0.4 is 22.1 Å². The summed E-state index contributed by atoms with van der Waals surface area (Å²) in [6.45, 7) is 1.81. The van der Waals surface area contributed by atoms with Gasteiger partial charge in [0.15, 0.2) is 0 Å². The van der Waals surface area contributed by atoms with Crippen molar-refractivity contribution in [2.45, 2.75) is 13.0 Å². The first-order chi connectivity index (χ1) is 9.95. The second-order valence-corrected chi connectivity index (χ2v) is 5.27. The number of amides is 3. The van der Waals surface area contributed by atoms with E-state index in [9.17, 15) is 9.59 Å². The minimum Gasteiger partial charge on any atom is -0.351 e. The number of nitrogens with zero attached hydrogens (tertiary/aromatic N) is 1. The number of anilines is 2. The zero-order valence-corrected chi connectivity index (χ0v) is 12.1. The predicted molar refractivity (Wildman–Crippen MR) is 82.3 cm³/mol. The fourth-order valence-corrected chi connectivity index (χ4v) is 2.37. The van der Waals surface area contributed by atoms with E-state index in [2.05, 4.69) is 15.6 Å². The highest BCUT2D eigenvalue weighted by Gasteiger charge is 2.13. The lowest BCUT2D eigenvalue weighted by molar-refractivity contribution is 0.102. The number of nitrogens with two attached hydrogens (primary N) is 2. The minimum atomic E-state index is -0.667. The van der Waals surface area contributed by atoms with Crippen molar-refractivity contribution in [2.24, 2.45) is 11.5 Å². The van der Waals surface area contributed by atoms with E-state index in [1.54, 1.807) is 36.6 Å². The van der Waals surface area contributed by atoms with Gasteiger partial charge in [-0.3, -0.25) is 4.79 Å². The fourth-order valence-electron chi connectivity index (χ4n) is 1.61. The molecule has 0 bridgehead atoms. The molecule has 21 heavy (non-hydrogen) atoms. The maximum Gasteiger partial charge on any atom is 0.316 e. The van der Waals surface area contributed by atoms with E-state index in [-0.39, 0.29) is 11.9 Å². The summed E-state index contributed by atoms with van der Waals surface area (Å²) in [6.07, 6.45) is 0. The Morgan fingerprint density at radius 2 is 1.95 bits per heavy atom. The molecule has 2 aromatic rings. The number of primary amides is 1. The number of hydrogen-bond acceptors (Lipinski definition) is 5. The third-order valence-corrected chi connectivity index (χ3v) is 3.58. The van der Waals surface area contributed by atoms with Gasteiger partial charge >= 0.3 is 6.03 Å². The predicted octanol–water partition coefficient (Wildman–Crippen LogP) is 1.91. The van der Waals surface area contributed by atoms with Crippen LogP contribution in [0.5, 0.6) is 0 Å². The van der Waals surface area contributed by atoms with Gasteiger partial charge in [-0.1, -0.05) is 6.07 Å². The number of rotatable bonds is 4. The molecule has 0 spiro atoms. The molecule has 2 rings (SSSR count). The lowest BCUT2D eigenvalue weighted by Gasteiger charge is -2.06. The molecule has 7 nitrogen and oxygen atoms in total. The van der Waals surface area contributed by atoms with Gasteiger partial charge in [-0.25, -0.2) is 9.78 Å². The standard InChI is InChI=1S/C13H15N5O2S/c1-7(14)12-18-10(6-21-12)11(19)16-8-3-2-4-9(5-8)17-13(15)20/h2-7H,14H2,1H3,(H,16,19)(H3,15,17,20). The number of carbonyl (C=O) groups excluding carboxylic acids is 2. The van der Waals surface area contributed by atoms with Gasteiger partial charge in [0, 0.05) is 16.8 Å². The van der Waals surface area contributed by atoms with Crippen LogP contribution in [-0.2, 0) is 0 Å². The van der Waals surface area contributed by atoms with Gasteiger partial charge in [0.25, 0.3) is 5.91 Å².